The summed E-state index contributed by atoms with van der Waals surface area (Å²) in [4.78, 5) is 15.8. The van der Waals surface area contributed by atoms with Gasteiger partial charge in [-0.1, -0.05) is 6.07 Å². The zero-order chi connectivity index (χ0) is 12.3. The molecule has 17 heavy (non-hydrogen) atoms. The maximum absolute atomic E-state index is 11.7. The Kier molecular flexibility index (Phi) is 3.20. The lowest BCUT2D eigenvalue weighted by molar-refractivity contribution is 0.102. The number of nitrogens with two attached hydrogens (primary N) is 1. The molecule has 2 aromatic rings. The Bertz CT molecular complexity index is 517. The first-order valence-corrected chi connectivity index (χ1v) is 5.20. The Morgan fingerprint density at radius 2 is 2.35 bits per heavy atom. The highest BCUT2D eigenvalue weighted by Crippen LogP contribution is 2.10. The van der Waals surface area contributed by atoms with Crippen LogP contribution in [0, 0.1) is 6.92 Å². The largest absolute Gasteiger partial charge is 0.469 e. The molecule has 0 saturated heterocycles. The van der Waals surface area contributed by atoms with Crippen LogP contribution in [-0.2, 0) is 6.54 Å². The average Bonchev–Trinajstić information content (AvgIpc) is 2.77. The van der Waals surface area contributed by atoms with Gasteiger partial charge in [0.1, 0.15) is 17.8 Å². The topological polar surface area (TPSA) is 81.2 Å². The van der Waals surface area contributed by atoms with E-state index in [1.54, 1.807) is 25.3 Å². The maximum Gasteiger partial charge on any atom is 0.260 e. The number of furan rings is 1. The quantitative estimate of drug-likeness (QED) is 0.842. The summed E-state index contributed by atoms with van der Waals surface area (Å²) in [6.07, 6.45) is 3.05. The minimum atomic E-state index is -0.241. The number of carbonyl (C=O) groups is 1. The number of aromatic nitrogens is 1. The summed E-state index contributed by atoms with van der Waals surface area (Å²) < 4.78 is 5.06. The van der Waals surface area contributed by atoms with Crippen LogP contribution in [-0.4, -0.2) is 10.9 Å². The average molecular weight is 231 g/mol. The molecule has 0 spiro atoms. The predicted octanol–water partition coefficient (Wildman–Crippen LogP) is 1.69. The molecule has 0 aliphatic rings. The molecular formula is C12H13N3O2. The molecular weight excluding hydrogens is 218 g/mol. The van der Waals surface area contributed by atoms with E-state index in [-0.39, 0.29) is 5.91 Å². The minimum absolute atomic E-state index is 0.241. The summed E-state index contributed by atoms with van der Waals surface area (Å²) in [5, 5.41) is 2.67. The van der Waals surface area contributed by atoms with Crippen LogP contribution in [0.5, 0.6) is 0 Å². The predicted molar refractivity (Wildman–Crippen MR) is 63.5 cm³/mol. The number of hydrogen-bond donors (Lipinski definition) is 2. The van der Waals surface area contributed by atoms with Crippen molar-refractivity contribution in [2.75, 3.05) is 5.32 Å². The first-order chi connectivity index (χ1) is 8.19. The summed E-state index contributed by atoms with van der Waals surface area (Å²) >= 11 is 0. The van der Waals surface area contributed by atoms with E-state index >= 15 is 0 Å². The van der Waals surface area contributed by atoms with Gasteiger partial charge in [0.2, 0.25) is 0 Å². The number of pyridine rings is 1. The van der Waals surface area contributed by atoms with Gasteiger partial charge in [-0.25, -0.2) is 4.98 Å². The van der Waals surface area contributed by atoms with Gasteiger partial charge in [0.05, 0.1) is 5.56 Å². The van der Waals surface area contributed by atoms with Crippen molar-refractivity contribution in [1.82, 2.24) is 4.98 Å². The molecule has 0 aliphatic heterocycles. The number of amides is 1. The van der Waals surface area contributed by atoms with E-state index in [4.69, 9.17) is 10.2 Å². The van der Waals surface area contributed by atoms with E-state index in [1.165, 1.54) is 6.26 Å². The van der Waals surface area contributed by atoms with Crippen molar-refractivity contribution in [2.45, 2.75) is 13.5 Å². The smallest absolute Gasteiger partial charge is 0.260 e. The highest BCUT2D eigenvalue weighted by molar-refractivity contribution is 6.03. The molecule has 2 rings (SSSR count). The molecule has 0 aliphatic carbocycles. The van der Waals surface area contributed by atoms with Gasteiger partial charge < -0.3 is 15.5 Å². The Labute approximate surface area is 98.6 Å². The Hall–Kier alpha value is -2.14. The first-order valence-electron chi connectivity index (χ1n) is 5.20. The van der Waals surface area contributed by atoms with Gasteiger partial charge in [0.25, 0.3) is 5.91 Å². The zero-order valence-corrected chi connectivity index (χ0v) is 9.43. The minimum Gasteiger partial charge on any atom is -0.469 e. The second kappa shape index (κ2) is 4.80. The third-order valence-electron chi connectivity index (χ3n) is 2.29. The molecule has 5 heteroatoms. The molecule has 0 aromatic carbocycles. The Morgan fingerprint density at radius 1 is 1.53 bits per heavy atom. The third-order valence-corrected chi connectivity index (χ3v) is 2.29. The van der Waals surface area contributed by atoms with Crippen LogP contribution in [0.1, 0.15) is 21.7 Å². The third kappa shape index (κ3) is 2.70. The van der Waals surface area contributed by atoms with Crippen LogP contribution >= 0.6 is 0 Å². The van der Waals surface area contributed by atoms with Crippen LogP contribution in [0.25, 0.3) is 0 Å². The fourth-order valence-corrected chi connectivity index (χ4v) is 1.37. The van der Waals surface area contributed by atoms with E-state index < -0.39 is 0 Å². The highest BCUT2D eigenvalue weighted by atomic mass is 16.3. The molecule has 3 N–H and O–H groups in total. The monoisotopic (exact) mass is 231 g/mol. The number of aryl methyl sites for hydroxylation is 1. The van der Waals surface area contributed by atoms with Crippen molar-refractivity contribution in [1.29, 1.82) is 0 Å². The fourth-order valence-electron chi connectivity index (χ4n) is 1.37. The number of carbonyl (C=O) groups excluding carboxylic acids is 1. The maximum atomic E-state index is 11.7. The molecule has 0 radical (unpaired) electrons. The summed E-state index contributed by atoms with van der Waals surface area (Å²) in [6, 6.07) is 5.21. The molecule has 0 atom stereocenters. The zero-order valence-electron chi connectivity index (χ0n) is 9.43. The molecule has 88 valence electrons. The molecule has 2 aromatic heterocycles. The highest BCUT2D eigenvalue weighted by Gasteiger charge is 2.09. The molecule has 5 nitrogen and oxygen atoms in total. The fraction of sp³-hybridized carbons (Fsp3) is 0.167. The van der Waals surface area contributed by atoms with Crippen molar-refractivity contribution >= 4 is 11.7 Å². The van der Waals surface area contributed by atoms with Gasteiger partial charge in [-0.15, -0.1) is 0 Å². The van der Waals surface area contributed by atoms with E-state index in [2.05, 4.69) is 10.3 Å². The second-order valence-corrected chi connectivity index (χ2v) is 3.66. The SMILES string of the molecule is Cc1cc(C(=O)Nc2ccc(CN)cn2)co1. The molecule has 0 bridgehead atoms. The van der Waals surface area contributed by atoms with E-state index in [1.807, 2.05) is 6.07 Å². The number of hydrogen-bond acceptors (Lipinski definition) is 4. The normalized spacial score (nSPS) is 10.2. The van der Waals surface area contributed by atoms with Gasteiger partial charge in [-0.05, 0) is 24.6 Å². The number of rotatable bonds is 3. The van der Waals surface area contributed by atoms with Crippen LogP contribution in [0.2, 0.25) is 0 Å². The lowest BCUT2D eigenvalue weighted by Gasteiger charge is -2.02. The van der Waals surface area contributed by atoms with Crippen LogP contribution in [0.3, 0.4) is 0 Å². The summed E-state index contributed by atoms with van der Waals surface area (Å²) in [7, 11) is 0. The van der Waals surface area contributed by atoms with Crippen LogP contribution < -0.4 is 11.1 Å². The van der Waals surface area contributed by atoms with E-state index in [0.29, 0.717) is 23.7 Å². The summed E-state index contributed by atoms with van der Waals surface area (Å²) in [5.74, 6) is 0.947. The standard InChI is InChI=1S/C12H13N3O2/c1-8-4-10(7-17-8)12(16)15-11-3-2-9(5-13)6-14-11/h2-4,6-7H,5,13H2,1H3,(H,14,15,16). The number of nitrogens with one attached hydrogen (secondary N) is 1. The van der Waals surface area contributed by atoms with Gasteiger partial charge in [0, 0.05) is 12.7 Å². The van der Waals surface area contributed by atoms with Crippen molar-refractivity contribution in [3.05, 3.63) is 47.5 Å². The van der Waals surface area contributed by atoms with Crippen molar-refractivity contribution < 1.29 is 9.21 Å². The molecule has 0 fully saturated rings. The Balaban J connectivity index is 2.07. The molecule has 0 unspecified atom stereocenters. The molecule has 2 heterocycles. The summed E-state index contributed by atoms with van der Waals surface area (Å²) in [5.41, 5.74) is 6.85. The summed E-state index contributed by atoms with van der Waals surface area (Å²) in [6.45, 7) is 2.22. The van der Waals surface area contributed by atoms with Crippen LogP contribution in [0.4, 0.5) is 5.82 Å². The van der Waals surface area contributed by atoms with E-state index in [0.717, 1.165) is 5.56 Å². The molecule has 1 amide bonds. The van der Waals surface area contributed by atoms with Crippen molar-refractivity contribution in [2.24, 2.45) is 5.73 Å². The second-order valence-electron chi connectivity index (χ2n) is 3.66. The van der Waals surface area contributed by atoms with Crippen LogP contribution in [0.15, 0.2) is 35.1 Å². The van der Waals surface area contributed by atoms with Gasteiger partial charge in [0.15, 0.2) is 0 Å². The molecule has 0 saturated carbocycles. The van der Waals surface area contributed by atoms with Crippen molar-refractivity contribution in [3.63, 3.8) is 0 Å². The lowest BCUT2D eigenvalue weighted by Crippen LogP contribution is -2.12. The van der Waals surface area contributed by atoms with Crippen molar-refractivity contribution in [3.8, 4) is 0 Å². The first kappa shape index (κ1) is 11.3. The lowest BCUT2D eigenvalue weighted by atomic mass is 10.2. The van der Waals surface area contributed by atoms with Gasteiger partial charge in [-0.2, -0.15) is 0 Å². The number of nitrogens with zero attached hydrogens (tertiary/aromatic N) is 1. The van der Waals surface area contributed by atoms with E-state index in [9.17, 15) is 4.79 Å². The van der Waals surface area contributed by atoms with Gasteiger partial charge in [-0.3, -0.25) is 4.79 Å². The van der Waals surface area contributed by atoms with Gasteiger partial charge >= 0.3 is 0 Å². The number of anilines is 1. The Morgan fingerprint density at radius 3 is 2.88 bits per heavy atom.